The van der Waals surface area contributed by atoms with Gasteiger partial charge in [-0.15, -0.1) is 0 Å². The highest BCUT2D eigenvalue weighted by molar-refractivity contribution is 9.10. The first kappa shape index (κ1) is 13.8. The number of nitrogens with one attached hydrogen (secondary N) is 2. The molecule has 1 unspecified atom stereocenters. The van der Waals surface area contributed by atoms with Crippen molar-refractivity contribution in [3.63, 3.8) is 0 Å². The Kier molecular flexibility index (Phi) is 5.03. The van der Waals surface area contributed by atoms with E-state index in [-0.39, 0.29) is 11.9 Å². The van der Waals surface area contributed by atoms with Crippen LogP contribution in [0.5, 0.6) is 0 Å². The van der Waals surface area contributed by atoms with E-state index in [1.54, 1.807) is 0 Å². The maximum Gasteiger partial charge on any atom is 0.237 e. The summed E-state index contributed by atoms with van der Waals surface area (Å²) in [5, 5.41) is 6.92. The van der Waals surface area contributed by atoms with Crippen molar-refractivity contribution in [2.45, 2.75) is 31.8 Å². The molecule has 5 heteroatoms. The Bertz CT molecular complexity index is 439. The van der Waals surface area contributed by atoms with Crippen LogP contribution in [0.25, 0.3) is 0 Å². The minimum absolute atomic E-state index is 0.0815. The first-order valence-corrected chi connectivity index (χ1v) is 7.29. The van der Waals surface area contributed by atoms with E-state index in [4.69, 9.17) is 11.6 Å². The van der Waals surface area contributed by atoms with Gasteiger partial charge in [0.2, 0.25) is 5.91 Å². The van der Waals surface area contributed by atoms with Gasteiger partial charge in [0, 0.05) is 17.6 Å². The van der Waals surface area contributed by atoms with Gasteiger partial charge in [-0.2, -0.15) is 0 Å². The summed E-state index contributed by atoms with van der Waals surface area (Å²) in [4.78, 5) is 11.8. The molecule has 0 saturated carbocycles. The Balaban J connectivity index is 1.93. The van der Waals surface area contributed by atoms with Crippen LogP contribution in [0, 0.1) is 0 Å². The van der Waals surface area contributed by atoms with Gasteiger partial charge in [-0.05, 0) is 52.9 Å². The lowest BCUT2D eigenvalue weighted by molar-refractivity contribution is -0.122. The van der Waals surface area contributed by atoms with Gasteiger partial charge in [0.1, 0.15) is 0 Å². The molecule has 1 aromatic rings. The van der Waals surface area contributed by atoms with Gasteiger partial charge < -0.3 is 10.6 Å². The Morgan fingerprint density at radius 1 is 1.44 bits per heavy atom. The molecule has 18 heavy (non-hydrogen) atoms. The Hall–Kier alpha value is -0.580. The van der Waals surface area contributed by atoms with E-state index in [0.29, 0.717) is 11.6 Å². The van der Waals surface area contributed by atoms with E-state index in [9.17, 15) is 4.79 Å². The van der Waals surface area contributed by atoms with E-state index < -0.39 is 0 Å². The van der Waals surface area contributed by atoms with Crippen molar-refractivity contribution < 1.29 is 4.79 Å². The van der Waals surface area contributed by atoms with Crippen LogP contribution in [0.15, 0.2) is 22.7 Å². The van der Waals surface area contributed by atoms with Gasteiger partial charge in [-0.1, -0.05) is 17.7 Å². The number of halogens is 2. The van der Waals surface area contributed by atoms with E-state index in [1.807, 2.05) is 18.2 Å². The van der Waals surface area contributed by atoms with Crippen molar-refractivity contribution >= 4 is 33.4 Å². The number of hydrogen-bond acceptors (Lipinski definition) is 2. The molecule has 0 aliphatic carbocycles. The molecule has 1 fully saturated rings. The maximum absolute atomic E-state index is 11.8. The summed E-state index contributed by atoms with van der Waals surface area (Å²) in [7, 11) is 0. The van der Waals surface area contributed by atoms with Crippen LogP contribution < -0.4 is 10.6 Å². The summed E-state index contributed by atoms with van der Waals surface area (Å²) in [6.45, 7) is 1.47. The third-order valence-corrected chi connectivity index (χ3v) is 4.29. The first-order valence-electron chi connectivity index (χ1n) is 6.12. The highest BCUT2D eigenvalue weighted by Gasteiger charge is 2.19. The zero-order chi connectivity index (χ0) is 13.0. The molecule has 1 aromatic carbocycles. The topological polar surface area (TPSA) is 41.1 Å². The molecule has 1 atom stereocenters. The third-order valence-electron chi connectivity index (χ3n) is 3.07. The Morgan fingerprint density at radius 3 is 3.06 bits per heavy atom. The van der Waals surface area contributed by atoms with E-state index in [2.05, 4.69) is 26.6 Å². The monoisotopic (exact) mass is 330 g/mol. The largest absolute Gasteiger partial charge is 0.355 e. The molecule has 1 heterocycles. The van der Waals surface area contributed by atoms with Gasteiger partial charge in [0.05, 0.1) is 11.1 Å². The number of amides is 1. The van der Waals surface area contributed by atoms with Crippen molar-refractivity contribution in [3.8, 4) is 0 Å². The number of rotatable bonds is 3. The summed E-state index contributed by atoms with van der Waals surface area (Å²) < 4.78 is 0.883. The average Bonchev–Trinajstić information content (AvgIpc) is 2.56. The highest BCUT2D eigenvalue weighted by Crippen LogP contribution is 2.23. The molecule has 0 spiro atoms. The summed E-state index contributed by atoms with van der Waals surface area (Å²) in [6, 6.07) is 5.72. The molecule has 3 nitrogen and oxygen atoms in total. The lowest BCUT2D eigenvalue weighted by Crippen LogP contribution is -2.42. The first-order chi connectivity index (χ1) is 8.66. The molecule has 98 valence electrons. The standard InChI is InChI=1S/C13H16BrClN2O/c14-10-7-9(4-5-11(10)15)8-17-12-3-1-2-6-16-13(12)18/h4-5,7,12,17H,1-3,6,8H2,(H,16,18). The minimum Gasteiger partial charge on any atom is -0.355 e. The molecule has 0 aromatic heterocycles. The summed E-state index contributed by atoms with van der Waals surface area (Å²) in [5.41, 5.74) is 1.11. The van der Waals surface area contributed by atoms with Gasteiger partial charge in [0.25, 0.3) is 0 Å². The summed E-state index contributed by atoms with van der Waals surface area (Å²) in [6.07, 6.45) is 3.05. The van der Waals surface area contributed by atoms with Gasteiger partial charge in [-0.3, -0.25) is 4.79 Å². The minimum atomic E-state index is -0.0815. The molecule has 1 amide bonds. The number of carbonyl (C=O) groups is 1. The molecule has 2 rings (SSSR count). The predicted octanol–water partition coefficient (Wildman–Crippen LogP) is 2.86. The zero-order valence-electron chi connectivity index (χ0n) is 10.0. The number of benzene rings is 1. The lowest BCUT2D eigenvalue weighted by Gasteiger charge is -2.15. The summed E-state index contributed by atoms with van der Waals surface area (Å²) in [5.74, 6) is 0.112. The number of carbonyl (C=O) groups excluding carboxylic acids is 1. The van der Waals surface area contributed by atoms with Crippen molar-refractivity contribution in [2.24, 2.45) is 0 Å². The van der Waals surface area contributed by atoms with Crippen molar-refractivity contribution in [1.82, 2.24) is 10.6 Å². The summed E-state index contributed by atoms with van der Waals surface area (Å²) >= 11 is 9.34. The maximum atomic E-state index is 11.8. The van der Waals surface area contributed by atoms with E-state index in [1.165, 1.54) is 0 Å². The molecule has 0 bridgehead atoms. The smallest absolute Gasteiger partial charge is 0.237 e. The van der Waals surface area contributed by atoms with Crippen LogP contribution in [0.3, 0.4) is 0 Å². The van der Waals surface area contributed by atoms with Crippen molar-refractivity contribution in [1.29, 1.82) is 0 Å². The molecular formula is C13H16BrClN2O. The molecular weight excluding hydrogens is 316 g/mol. The van der Waals surface area contributed by atoms with Gasteiger partial charge in [-0.25, -0.2) is 0 Å². The van der Waals surface area contributed by atoms with Crippen LogP contribution in [0.1, 0.15) is 24.8 Å². The molecule has 1 aliphatic heterocycles. The van der Waals surface area contributed by atoms with Crippen molar-refractivity contribution in [3.05, 3.63) is 33.3 Å². The zero-order valence-corrected chi connectivity index (χ0v) is 12.4. The van der Waals surface area contributed by atoms with Crippen LogP contribution >= 0.6 is 27.5 Å². The normalized spacial score (nSPS) is 20.3. The quantitative estimate of drug-likeness (QED) is 0.894. The second kappa shape index (κ2) is 6.55. The Morgan fingerprint density at radius 2 is 2.28 bits per heavy atom. The van der Waals surface area contributed by atoms with Crippen LogP contribution in [0.4, 0.5) is 0 Å². The van der Waals surface area contributed by atoms with E-state index in [0.717, 1.165) is 35.8 Å². The van der Waals surface area contributed by atoms with Crippen LogP contribution in [0.2, 0.25) is 5.02 Å². The van der Waals surface area contributed by atoms with Crippen LogP contribution in [-0.2, 0) is 11.3 Å². The fourth-order valence-electron chi connectivity index (χ4n) is 2.02. The second-order valence-electron chi connectivity index (χ2n) is 4.47. The average molecular weight is 332 g/mol. The fourth-order valence-corrected chi connectivity index (χ4v) is 2.57. The Labute approximate surface area is 120 Å². The third kappa shape index (κ3) is 3.70. The molecule has 2 N–H and O–H groups in total. The van der Waals surface area contributed by atoms with Crippen molar-refractivity contribution in [2.75, 3.05) is 6.54 Å². The molecule has 1 saturated heterocycles. The lowest BCUT2D eigenvalue weighted by atomic mass is 10.1. The molecule has 1 aliphatic rings. The molecule has 0 radical (unpaired) electrons. The predicted molar refractivity (Wildman–Crippen MR) is 76.6 cm³/mol. The second-order valence-corrected chi connectivity index (χ2v) is 5.73. The van der Waals surface area contributed by atoms with Crippen LogP contribution in [-0.4, -0.2) is 18.5 Å². The SMILES string of the molecule is O=C1NCCCCC1NCc1ccc(Cl)c(Br)c1. The van der Waals surface area contributed by atoms with Gasteiger partial charge >= 0.3 is 0 Å². The number of hydrogen-bond donors (Lipinski definition) is 2. The van der Waals surface area contributed by atoms with E-state index >= 15 is 0 Å². The fraction of sp³-hybridized carbons (Fsp3) is 0.462. The highest BCUT2D eigenvalue weighted by atomic mass is 79.9. The van der Waals surface area contributed by atoms with Gasteiger partial charge in [0.15, 0.2) is 0 Å².